The van der Waals surface area contributed by atoms with E-state index >= 15 is 0 Å². The maximum absolute atomic E-state index is 12.0. The predicted molar refractivity (Wildman–Crippen MR) is 93.0 cm³/mol. The average molecular weight is 357 g/mol. The summed E-state index contributed by atoms with van der Waals surface area (Å²) in [4.78, 5) is 23.8. The van der Waals surface area contributed by atoms with Crippen molar-refractivity contribution in [1.82, 2.24) is 10.6 Å². The molecule has 0 bridgehead atoms. The minimum atomic E-state index is -0.670. The Morgan fingerprint density at radius 2 is 1.96 bits per heavy atom. The number of carbonyl (C=O) groups excluding carboxylic acids is 2. The first kappa shape index (κ1) is 20.3. The van der Waals surface area contributed by atoms with E-state index in [-0.39, 0.29) is 6.04 Å². The summed E-state index contributed by atoms with van der Waals surface area (Å²) in [5.41, 5.74) is 0.130. The number of alkyl carbamates (subject to hydrolysis) is 1. The zero-order valence-corrected chi connectivity index (χ0v) is 15.4. The van der Waals surface area contributed by atoms with Gasteiger partial charge in [-0.25, -0.2) is 9.59 Å². The van der Waals surface area contributed by atoms with Gasteiger partial charge in [0.05, 0.1) is 7.11 Å². The van der Waals surface area contributed by atoms with Gasteiger partial charge in [0.25, 0.3) is 0 Å². The number of halogens is 1. The molecule has 0 aliphatic heterocycles. The van der Waals surface area contributed by atoms with Gasteiger partial charge in [-0.3, -0.25) is 5.32 Å². The maximum atomic E-state index is 12.0. The monoisotopic (exact) mass is 356 g/mol. The van der Waals surface area contributed by atoms with Crippen LogP contribution in [0.3, 0.4) is 0 Å². The molecule has 0 spiro atoms. The van der Waals surface area contributed by atoms with Crippen molar-refractivity contribution in [3.05, 3.63) is 34.9 Å². The minimum absolute atomic E-state index is 0.244. The summed E-state index contributed by atoms with van der Waals surface area (Å²) in [5, 5.41) is 6.32. The Kier molecular flexibility index (Phi) is 7.51. The highest BCUT2D eigenvalue weighted by atomic mass is 35.5. The van der Waals surface area contributed by atoms with Crippen molar-refractivity contribution < 1.29 is 19.1 Å². The summed E-state index contributed by atoms with van der Waals surface area (Å²) in [6.07, 6.45) is -0.505. The van der Waals surface area contributed by atoms with E-state index in [0.29, 0.717) is 17.1 Å². The standard InChI is InChI=1S/C17H25ClN2O4/c1-11(20-16(22)24-17(2,3)4)10-19-14(15(21)23-5)12-7-6-8-13(18)9-12/h6-9,11,14,19H,10H2,1-5H3,(H,20,22). The van der Waals surface area contributed by atoms with Crippen LogP contribution >= 0.6 is 11.6 Å². The molecule has 0 saturated carbocycles. The fourth-order valence-corrected chi connectivity index (χ4v) is 2.19. The van der Waals surface area contributed by atoms with Crippen LogP contribution in [-0.4, -0.2) is 37.4 Å². The lowest BCUT2D eigenvalue weighted by molar-refractivity contribution is -0.143. The molecule has 1 aromatic carbocycles. The third-order valence-corrected chi connectivity index (χ3v) is 3.25. The zero-order valence-electron chi connectivity index (χ0n) is 14.7. The molecule has 0 aromatic heterocycles. The number of rotatable bonds is 6. The second-order valence-electron chi connectivity index (χ2n) is 6.47. The number of ether oxygens (including phenoxy) is 2. The van der Waals surface area contributed by atoms with Crippen molar-refractivity contribution in [2.75, 3.05) is 13.7 Å². The Labute approximate surface area is 147 Å². The minimum Gasteiger partial charge on any atom is -0.468 e. The van der Waals surface area contributed by atoms with Crippen LogP contribution in [0.2, 0.25) is 5.02 Å². The summed E-state index contributed by atoms with van der Waals surface area (Å²) in [7, 11) is 1.32. The summed E-state index contributed by atoms with van der Waals surface area (Å²) in [6.45, 7) is 7.54. The molecule has 7 heteroatoms. The molecule has 1 rings (SSSR count). The Balaban J connectivity index is 2.65. The van der Waals surface area contributed by atoms with Gasteiger partial charge in [0, 0.05) is 17.6 Å². The van der Waals surface area contributed by atoms with Gasteiger partial charge >= 0.3 is 12.1 Å². The lowest BCUT2D eigenvalue weighted by Gasteiger charge is -2.23. The van der Waals surface area contributed by atoms with Gasteiger partial charge in [-0.1, -0.05) is 23.7 Å². The molecular weight excluding hydrogens is 332 g/mol. The van der Waals surface area contributed by atoms with Crippen molar-refractivity contribution in [2.24, 2.45) is 0 Å². The Morgan fingerprint density at radius 3 is 2.50 bits per heavy atom. The lowest BCUT2D eigenvalue weighted by Crippen LogP contribution is -2.44. The molecular formula is C17H25ClN2O4. The molecule has 2 unspecified atom stereocenters. The quantitative estimate of drug-likeness (QED) is 0.766. The van der Waals surface area contributed by atoms with Gasteiger partial charge in [0.15, 0.2) is 0 Å². The number of carbonyl (C=O) groups is 2. The Bertz CT molecular complexity index is 572. The molecule has 0 aliphatic rings. The van der Waals surface area contributed by atoms with E-state index in [1.54, 1.807) is 45.0 Å². The van der Waals surface area contributed by atoms with Gasteiger partial charge in [0.2, 0.25) is 0 Å². The van der Waals surface area contributed by atoms with E-state index in [9.17, 15) is 9.59 Å². The molecule has 1 amide bonds. The SMILES string of the molecule is COC(=O)C(NCC(C)NC(=O)OC(C)(C)C)c1cccc(Cl)c1. The van der Waals surface area contributed by atoms with Gasteiger partial charge in [-0.15, -0.1) is 0 Å². The number of nitrogens with one attached hydrogen (secondary N) is 2. The molecule has 24 heavy (non-hydrogen) atoms. The molecule has 134 valence electrons. The van der Waals surface area contributed by atoms with E-state index < -0.39 is 23.7 Å². The molecule has 0 fully saturated rings. The number of hydrogen-bond donors (Lipinski definition) is 2. The number of methoxy groups -OCH3 is 1. The third kappa shape index (κ3) is 7.19. The van der Waals surface area contributed by atoms with Crippen molar-refractivity contribution in [2.45, 2.75) is 45.4 Å². The maximum Gasteiger partial charge on any atom is 0.407 e. The van der Waals surface area contributed by atoms with E-state index in [1.165, 1.54) is 7.11 Å². The lowest BCUT2D eigenvalue weighted by atomic mass is 10.1. The second kappa shape index (κ2) is 8.89. The van der Waals surface area contributed by atoms with Crippen molar-refractivity contribution in [3.63, 3.8) is 0 Å². The van der Waals surface area contributed by atoms with E-state index in [1.807, 2.05) is 6.92 Å². The molecule has 6 nitrogen and oxygen atoms in total. The molecule has 0 heterocycles. The number of amides is 1. The van der Waals surface area contributed by atoms with Crippen LogP contribution in [0.15, 0.2) is 24.3 Å². The van der Waals surface area contributed by atoms with Gasteiger partial charge in [0.1, 0.15) is 11.6 Å². The van der Waals surface area contributed by atoms with Crippen LogP contribution in [-0.2, 0) is 14.3 Å². The number of benzene rings is 1. The first-order valence-corrected chi connectivity index (χ1v) is 8.06. The summed E-state index contributed by atoms with van der Waals surface area (Å²) in [6, 6.07) is 6.06. The highest BCUT2D eigenvalue weighted by Gasteiger charge is 2.23. The molecule has 0 saturated heterocycles. The van der Waals surface area contributed by atoms with Crippen LogP contribution in [0, 0.1) is 0 Å². The summed E-state index contributed by atoms with van der Waals surface area (Å²) in [5.74, 6) is -0.429. The van der Waals surface area contributed by atoms with Crippen molar-refractivity contribution in [1.29, 1.82) is 0 Å². The largest absolute Gasteiger partial charge is 0.468 e. The predicted octanol–water partition coefficient (Wildman–Crippen LogP) is 3.06. The van der Waals surface area contributed by atoms with Crippen molar-refractivity contribution >= 4 is 23.7 Å². The Hall–Kier alpha value is -1.79. The highest BCUT2D eigenvalue weighted by Crippen LogP contribution is 2.19. The van der Waals surface area contributed by atoms with E-state index in [0.717, 1.165) is 0 Å². The summed E-state index contributed by atoms with van der Waals surface area (Å²) >= 11 is 5.98. The zero-order chi connectivity index (χ0) is 18.3. The smallest absolute Gasteiger partial charge is 0.407 e. The topological polar surface area (TPSA) is 76.7 Å². The Morgan fingerprint density at radius 1 is 1.29 bits per heavy atom. The molecule has 2 N–H and O–H groups in total. The van der Waals surface area contributed by atoms with Gasteiger partial charge < -0.3 is 14.8 Å². The van der Waals surface area contributed by atoms with E-state index in [2.05, 4.69) is 10.6 Å². The van der Waals surface area contributed by atoms with Crippen LogP contribution in [0.1, 0.15) is 39.3 Å². The van der Waals surface area contributed by atoms with Crippen molar-refractivity contribution in [3.8, 4) is 0 Å². The average Bonchev–Trinajstić information content (AvgIpc) is 2.45. The normalized spacial score (nSPS) is 13.8. The second-order valence-corrected chi connectivity index (χ2v) is 6.90. The van der Waals surface area contributed by atoms with Crippen LogP contribution in [0.4, 0.5) is 4.79 Å². The number of esters is 1. The molecule has 2 atom stereocenters. The van der Waals surface area contributed by atoms with Crippen LogP contribution in [0.25, 0.3) is 0 Å². The summed E-state index contributed by atoms with van der Waals surface area (Å²) < 4.78 is 10.0. The molecule has 0 aliphatic carbocycles. The van der Waals surface area contributed by atoms with Gasteiger partial charge in [-0.2, -0.15) is 0 Å². The first-order valence-electron chi connectivity index (χ1n) is 7.68. The third-order valence-electron chi connectivity index (χ3n) is 3.01. The van der Waals surface area contributed by atoms with E-state index in [4.69, 9.17) is 21.1 Å². The first-order chi connectivity index (χ1) is 11.1. The molecule has 1 aromatic rings. The molecule has 0 radical (unpaired) electrons. The fourth-order valence-electron chi connectivity index (χ4n) is 2.00. The van der Waals surface area contributed by atoms with Gasteiger partial charge in [-0.05, 0) is 45.4 Å². The van der Waals surface area contributed by atoms with Crippen LogP contribution in [0.5, 0.6) is 0 Å². The van der Waals surface area contributed by atoms with Crippen LogP contribution < -0.4 is 10.6 Å². The number of hydrogen-bond acceptors (Lipinski definition) is 5. The highest BCUT2D eigenvalue weighted by molar-refractivity contribution is 6.30. The fraction of sp³-hybridized carbons (Fsp3) is 0.529.